The SMILES string of the molecule is C=C(SSc1ccccn1)C(=O)NCC([CH-]C([CH-]C)CNC(=O)CCC(=O)O)CC. The third-order valence-corrected chi connectivity index (χ3v) is 6.46. The summed E-state index contributed by atoms with van der Waals surface area (Å²) in [7, 11) is 2.66. The lowest BCUT2D eigenvalue weighted by Crippen LogP contribution is -2.34. The maximum Gasteiger partial charge on any atom is 0.303 e. The number of carboxylic acid groups (broad SMARTS) is 1. The van der Waals surface area contributed by atoms with E-state index < -0.39 is 5.97 Å². The van der Waals surface area contributed by atoms with Crippen molar-refractivity contribution in [2.24, 2.45) is 11.8 Å². The van der Waals surface area contributed by atoms with Gasteiger partial charge < -0.3 is 28.6 Å². The van der Waals surface area contributed by atoms with E-state index in [9.17, 15) is 14.4 Å². The van der Waals surface area contributed by atoms with E-state index in [0.717, 1.165) is 11.4 Å². The number of hydrogen-bond donors (Lipinski definition) is 3. The number of nitrogens with zero attached hydrogens (tertiary/aromatic N) is 1. The molecule has 0 radical (unpaired) electrons. The Hall–Kier alpha value is -2.00. The van der Waals surface area contributed by atoms with Crippen LogP contribution >= 0.6 is 21.6 Å². The topological polar surface area (TPSA) is 108 Å². The normalized spacial score (nSPS) is 12.6. The van der Waals surface area contributed by atoms with Crippen LogP contribution in [0.4, 0.5) is 0 Å². The first kappa shape index (κ1) is 26.0. The zero-order valence-electron chi connectivity index (χ0n) is 17.3. The van der Waals surface area contributed by atoms with Gasteiger partial charge in [-0.2, -0.15) is 12.8 Å². The lowest BCUT2D eigenvalue weighted by Gasteiger charge is -2.39. The summed E-state index contributed by atoms with van der Waals surface area (Å²) in [5.74, 6) is -1.33. The fraction of sp³-hybridized carbons (Fsp3) is 0.429. The standard InChI is InChI=1S/C21H29N3O4S2/c1-4-16(13-23-18(25)9-10-20(26)27)12-17(5-2)14-24-21(28)15(3)29-30-19-8-6-7-11-22-19/h4,6-8,11-12,16-17H,3,5,9-10,13-14H2,1-2H3,(H,23,25)(H,24,28)(H,26,27)/q-2. The molecule has 166 valence electrons. The summed E-state index contributed by atoms with van der Waals surface area (Å²) in [6, 6.07) is 5.59. The molecule has 3 N–H and O–H groups in total. The molecule has 7 nitrogen and oxygen atoms in total. The van der Waals surface area contributed by atoms with Gasteiger partial charge in [-0.25, -0.2) is 4.98 Å². The van der Waals surface area contributed by atoms with Crippen molar-refractivity contribution in [3.05, 3.63) is 48.7 Å². The lowest BCUT2D eigenvalue weighted by molar-refractivity contribution is -0.138. The summed E-state index contributed by atoms with van der Waals surface area (Å²) in [6.07, 6.45) is 6.38. The molecule has 2 atom stereocenters. The number of carbonyl (C=O) groups excluding carboxylic acids is 2. The molecule has 1 aromatic heterocycles. The van der Waals surface area contributed by atoms with Crippen molar-refractivity contribution in [2.75, 3.05) is 13.1 Å². The highest BCUT2D eigenvalue weighted by Gasteiger charge is 2.10. The fourth-order valence-electron chi connectivity index (χ4n) is 2.39. The lowest BCUT2D eigenvalue weighted by atomic mass is 9.90. The Morgan fingerprint density at radius 3 is 2.60 bits per heavy atom. The third kappa shape index (κ3) is 11.3. The van der Waals surface area contributed by atoms with E-state index in [4.69, 9.17) is 5.11 Å². The van der Waals surface area contributed by atoms with E-state index in [2.05, 4.69) is 28.6 Å². The summed E-state index contributed by atoms with van der Waals surface area (Å²) in [5, 5.41) is 15.1. The number of rotatable bonds is 15. The summed E-state index contributed by atoms with van der Waals surface area (Å²) >= 11 is 0. The zero-order valence-corrected chi connectivity index (χ0v) is 18.9. The number of carbonyl (C=O) groups is 3. The average molecular weight is 452 g/mol. The van der Waals surface area contributed by atoms with Crippen molar-refractivity contribution >= 4 is 39.4 Å². The summed E-state index contributed by atoms with van der Waals surface area (Å²) in [4.78, 5) is 39.1. The Balaban J connectivity index is 2.36. The number of amides is 2. The molecule has 0 aromatic carbocycles. The second kappa shape index (κ2) is 14.9. The smallest absolute Gasteiger partial charge is 0.303 e. The number of aromatic nitrogens is 1. The number of hydrogen-bond acceptors (Lipinski definition) is 6. The monoisotopic (exact) mass is 451 g/mol. The fourth-order valence-corrected chi connectivity index (χ4v) is 4.04. The molecule has 0 spiro atoms. The van der Waals surface area contributed by atoms with Crippen molar-refractivity contribution in [3.63, 3.8) is 0 Å². The predicted molar refractivity (Wildman–Crippen MR) is 121 cm³/mol. The quantitative estimate of drug-likeness (QED) is 0.213. The van der Waals surface area contributed by atoms with Gasteiger partial charge in [-0.1, -0.05) is 26.0 Å². The van der Waals surface area contributed by atoms with Crippen molar-refractivity contribution in [3.8, 4) is 0 Å². The highest BCUT2D eigenvalue weighted by molar-refractivity contribution is 8.78. The molecule has 2 unspecified atom stereocenters. The highest BCUT2D eigenvalue weighted by Crippen LogP contribution is 2.34. The molecular weight excluding hydrogens is 422 g/mol. The summed E-state index contributed by atoms with van der Waals surface area (Å²) in [5.41, 5.74) is 0. The van der Waals surface area contributed by atoms with Gasteiger partial charge in [0.1, 0.15) is 5.03 Å². The van der Waals surface area contributed by atoms with E-state index in [0.29, 0.717) is 18.0 Å². The van der Waals surface area contributed by atoms with Crippen LogP contribution in [-0.2, 0) is 14.4 Å². The average Bonchev–Trinajstić information content (AvgIpc) is 2.75. The Kier molecular flexibility index (Phi) is 12.9. The number of aliphatic carboxylic acids is 1. The molecule has 9 heteroatoms. The Labute approximate surface area is 186 Å². The Morgan fingerprint density at radius 2 is 2.00 bits per heavy atom. The minimum atomic E-state index is -0.990. The largest absolute Gasteiger partial charge is 0.481 e. The van der Waals surface area contributed by atoms with Gasteiger partial charge in [0.05, 0.1) is 11.3 Å². The number of carboxylic acids is 1. The van der Waals surface area contributed by atoms with Crippen molar-refractivity contribution in [1.82, 2.24) is 15.6 Å². The maximum absolute atomic E-state index is 12.3. The molecule has 0 bridgehead atoms. The van der Waals surface area contributed by atoms with E-state index in [1.54, 1.807) is 6.20 Å². The van der Waals surface area contributed by atoms with Crippen LogP contribution in [0, 0.1) is 24.7 Å². The molecule has 2 amide bonds. The Morgan fingerprint density at radius 1 is 1.23 bits per heavy atom. The first-order valence-electron chi connectivity index (χ1n) is 9.71. The van der Waals surface area contributed by atoms with Gasteiger partial charge in [0, 0.05) is 12.6 Å². The van der Waals surface area contributed by atoms with Gasteiger partial charge in [-0.15, -0.1) is 0 Å². The van der Waals surface area contributed by atoms with Gasteiger partial charge in [0.15, 0.2) is 0 Å². The second-order valence-electron chi connectivity index (χ2n) is 6.52. The van der Waals surface area contributed by atoms with Crippen LogP contribution in [0.5, 0.6) is 0 Å². The van der Waals surface area contributed by atoms with Crippen LogP contribution in [0.2, 0.25) is 0 Å². The molecule has 30 heavy (non-hydrogen) atoms. The van der Waals surface area contributed by atoms with Gasteiger partial charge in [0.25, 0.3) is 5.91 Å². The molecule has 1 heterocycles. The summed E-state index contributed by atoms with van der Waals surface area (Å²) < 4.78 is 0. The first-order chi connectivity index (χ1) is 14.3. The molecule has 0 aliphatic heterocycles. The maximum atomic E-state index is 12.3. The van der Waals surface area contributed by atoms with E-state index in [1.165, 1.54) is 21.6 Å². The van der Waals surface area contributed by atoms with Crippen LogP contribution in [0.3, 0.4) is 0 Å². The van der Waals surface area contributed by atoms with Gasteiger partial charge >= 0.3 is 5.97 Å². The zero-order chi connectivity index (χ0) is 22.4. The second-order valence-corrected chi connectivity index (χ2v) is 8.77. The van der Waals surface area contributed by atoms with E-state index in [1.807, 2.05) is 38.5 Å². The predicted octanol–water partition coefficient (Wildman–Crippen LogP) is 3.50. The summed E-state index contributed by atoms with van der Waals surface area (Å²) in [6.45, 7) is 8.64. The van der Waals surface area contributed by atoms with Crippen LogP contribution in [0.15, 0.2) is 40.9 Å². The Bertz CT molecular complexity index is 701. The molecule has 0 saturated carbocycles. The van der Waals surface area contributed by atoms with Crippen molar-refractivity contribution < 1.29 is 19.5 Å². The highest BCUT2D eigenvalue weighted by atomic mass is 33.1. The van der Waals surface area contributed by atoms with E-state index >= 15 is 0 Å². The van der Waals surface area contributed by atoms with Crippen LogP contribution < -0.4 is 10.6 Å². The third-order valence-electron chi connectivity index (χ3n) is 4.22. The van der Waals surface area contributed by atoms with E-state index in [-0.39, 0.29) is 36.5 Å². The van der Waals surface area contributed by atoms with Crippen LogP contribution in [0.1, 0.15) is 33.1 Å². The van der Waals surface area contributed by atoms with Gasteiger partial charge in [-0.05, 0) is 46.8 Å². The van der Waals surface area contributed by atoms with Crippen LogP contribution in [0.25, 0.3) is 0 Å². The molecule has 1 aromatic rings. The number of nitrogens with one attached hydrogen (secondary N) is 2. The van der Waals surface area contributed by atoms with Crippen molar-refractivity contribution in [1.29, 1.82) is 0 Å². The molecule has 1 rings (SSSR count). The minimum absolute atomic E-state index is 0.0258. The van der Waals surface area contributed by atoms with Gasteiger partial charge in [0.2, 0.25) is 5.91 Å². The first-order valence-corrected chi connectivity index (χ1v) is 11.9. The minimum Gasteiger partial charge on any atom is -0.481 e. The molecule has 0 aliphatic carbocycles. The van der Waals surface area contributed by atoms with Gasteiger partial charge in [-0.3, -0.25) is 20.3 Å². The molecule has 0 fully saturated rings. The molecule has 0 saturated heterocycles. The number of pyridine rings is 1. The van der Waals surface area contributed by atoms with Crippen molar-refractivity contribution in [2.45, 2.75) is 38.1 Å². The molecular formula is C21H29N3O4S2-2. The molecule has 0 aliphatic rings. The van der Waals surface area contributed by atoms with Crippen LogP contribution in [-0.4, -0.2) is 41.0 Å².